The number of rotatable bonds is 8. The van der Waals surface area contributed by atoms with Crippen molar-refractivity contribution >= 4 is 28.9 Å². The second kappa shape index (κ2) is 12.9. The first-order valence-electron chi connectivity index (χ1n) is 14.2. The minimum Gasteiger partial charge on any atom is -0.484 e. The SMILES string of the molecule is CC(C)[C@@H]1C[C@H](c2ccccc2Cl)CO[C@H]1c1ccc(OCC(=O)Nc2ccc(N3CCCCC3)cc2)cc1. The van der Waals surface area contributed by atoms with Crippen LogP contribution >= 0.6 is 11.6 Å². The number of piperidine rings is 1. The van der Waals surface area contributed by atoms with Gasteiger partial charge in [0.25, 0.3) is 5.91 Å². The minimum absolute atomic E-state index is 0.0222. The number of carbonyl (C=O) groups excluding carboxylic acids is 1. The Balaban J connectivity index is 1.14. The maximum atomic E-state index is 12.5. The van der Waals surface area contributed by atoms with Crippen molar-refractivity contribution in [2.75, 3.05) is 36.5 Å². The molecule has 2 fully saturated rings. The fourth-order valence-corrected chi connectivity index (χ4v) is 6.15. The molecule has 2 heterocycles. The summed E-state index contributed by atoms with van der Waals surface area (Å²) in [5, 5.41) is 3.75. The average molecular weight is 547 g/mol. The van der Waals surface area contributed by atoms with E-state index in [4.69, 9.17) is 21.1 Å². The van der Waals surface area contributed by atoms with Gasteiger partial charge in [-0.2, -0.15) is 0 Å². The van der Waals surface area contributed by atoms with Crippen LogP contribution in [0.3, 0.4) is 0 Å². The lowest BCUT2D eigenvalue weighted by Crippen LogP contribution is -2.31. The van der Waals surface area contributed by atoms with Crippen molar-refractivity contribution in [2.24, 2.45) is 11.8 Å². The summed E-state index contributed by atoms with van der Waals surface area (Å²) in [7, 11) is 0. The zero-order valence-corrected chi connectivity index (χ0v) is 23.7. The molecule has 6 heteroatoms. The molecule has 1 amide bonds. The van der Waals surface area contributed by atoms with Gasteiger partial charge in [-0.1, -0.05) is 55.8 Å². The van der Waals surface area contributed by atoms with Crippen molar-refractivity contribution in [3.63, 3.8) is 0 Å². The zero-order valence-electron chi connectivity index (χ0n) is 22.9. The fourth-order valence-electron chi connectivity index (χ4n) is 5.86. The number of carbonyl (C=O) groups is 1. The monoisotopic (exact) mass is 546 g/mol. The van der Waals surface area contributed by atoms with Crippen LogP contribution in [0.5, 0.6) is 5.75 Å². The maximum Gasteiger partial charge on any atom is 0.262 e. The van der Waals surface area contributed by atoms with Gasteiger partial charge in [0.15, 0.2) is 6.61 Å². The summed E-state index contributed by atoms with van der Waals surface area (Å²) < 4.78 is 12.2. The van der Waals surface area contributed by atoms with Crippen molar-refractivity contribution in [1.82, 2.24) is 0 Å². The molecule has 3 aromatic rings. The molecule has 2 aliphatic rings. The first-order valence-corrected chi connectivity index (χ1v) is 14.6. The smallest absolute Gasteiger partial charge is 0.262 e. The molecule has 0 bridgehead atoms. The largest absolute Gasteiger partial charge is 0.484 e. The molecule has 2 aliphatic heterocycles. The molecular formula is C33H39ClN2O3. The number of anilines is 2. The molecule has 0 spiro atoms. The summed E-state index contributed by atoms with van der Waals surface area (Å²) in [4.78, 5) is 14.9. The van der Waals surface area contributed by atoms with E-state index >= 15 is 0 Å². The fraction of sp³-hybridized carbons (Fsp3) is 0.424. The number of halogens is 1. The van der Waals surface area contributed by atoms with Gasteiger partial charge in [-0.15, -0.1) is 0 Å². The Morgan fingerprint density at radius 3 is 2.41 bits per heavy atom. The van der Waals surface area contributed by atoms with Crippen LogP contribution in [0.15, 0.2) is 72.8 Å². The molecule has 0 aromatic heterocycles. The third-order valence-corrected chi connectivity index (χ3v) is 8.42. The van der Waals surface area contributed by atoms with E-state index in [0.717, 1.165) is 35.8 Å². The molecule has 3 atom stereocenters. The van der Waals surface area contributed by atoms with E-state index in [9.17, 15) is 4.79 Å². The van der Waals surface area contributed by atoms with Crippen LogP contribution in [0.4, 0.5) is 11.4 Å². The molecule has 1 N–H and O–H groups in total. The van der Waals surface area contributed by atoms with E-state index in [-0.39, 0.29) is 18.6 Å². The normalized spacial score (nSPS) is 21.5. The van der Waals surface area contributed by atoms with Crippen molar-refractivity contribution in [1.29, 1.82) is 0 Å². The second-order valence-electron chi connectivity index (χ2n) is 11.1. The van der Waals surface area contributed by atoms with Gasteiger partial charge in [-0.25, -0.2) is 0 Å². The molecule has 2 saturated heterocycles. The molecule has 0 unspecified atom stereocenters. The number of amides is 1. The highest BCUT2D eigenvalue weighted by Crippen LogP contribution is 2.44. The number of hydrogen-bond donors (Lipinski definition) is 1. The topological polar surface area (TPSA) is 50.8 Å². The predicted molar refractivity (Wildman–Crippen MR) is 159 cm³/mol. The molecule has 39 heavy (non-hydrogen) atoms. The lowest BCUT2D eigenvalue weighted by molar-refractivity contribution is -0.118. The van der Waals surface area contributed by atoms with Crippen LogP contribution in [0.1, 0.15) is 62.7 Å². The Kier molecular flexibility index (Phi) is 9.10. The highest BCUT2D eigenvalue weighted by atomic mass is 35.5. The number of benzene rings is 3. The summed E-state index contributed by atoms with van der Waals surface area (Å²) >= 11 is 6.49. The van der Waals surface area contributed by atoms with E-state index in [2.05, 4.69) is 54.4 Å². The Morgan fingerprint density at radius 1 is 1.00 bits per heavy atom. The third kappa shape index (κ3) is 6.95. The first kappa shape index (κ1) is 27.5. The summed E-state index contributed by atoms with van der Waals surface area (Å²) in [6.07, 6.45) is 4.85. The van der Waals surface area contributed by atoms with Crippen LogP contribution < -0.4 is 15.0 Å². The zero-order chi connectivity index (χ0) is 27.2. The van der Waals surface area contributed by atoms with E-state index in [1.165, 1.54) is 30.5 Å². The second-order valence-corrected chi connectivity index (χ2v) is 11.5. The van der Waals surface area contributed by atoms with Gasteiger partial charge in [0, 0.05) is 35.4 Å². The molecule has 206 valence electrons. The molecule has 0 radical (unpaired) electrons. The van der Waals surface area contributed by atoms with E-state index < -0.39 is 0 Å². The molecular weight excluding hydrogens is 508 g/mol. The molecule has 0 aliphatic carbocycles. The molecule has 3 aromatic carbocycles. The Bertz CT molecular complexity index is 1220. The van der Waals surface area contributed by atoms with Crippen molar-refractivity contribution in [3.8, 4) is 5.75 Å². The molecule has 5 nitrogen and oxygen atoms in total. The number of nitrogens with zero attached hydrogens (tertiary/aromatic N) is 1. The van der Waals surface area contributed by atoms with Gasteiger partial charge in [0.2, 0.25) is 0 Å². The Labute approximate surface area is 237 Å². The third-order valence-electron chi connectivity index (χ3n) is 8.07. The summed E-state index contributed by atoms with van der Waals surface area (Å²) in [6, 6.07) is 24.1. The van der Waals surface area contributed by atoms with Gasteiger partial charge in [0.05, 0.1) is 12.7 Å². The quantitative estimate of drug-likeness (QED) is 0.312. The van der Waals surface area contributed by atoms with Gasteiger partial charge < -0.3 is 19.7 Å². The molecule has 0 saturated carbocycles. The van der Waals surface area contributed by atoms with Gasteiger partial charge in [-0.05, 0) is 91.1 Å². The van der Waals surface area contributed by atoms with Crippen LogP contribution in [0, 0.1) is 11.8 Å². The van der Waals surface area contributed by atoms with Gasteiger partial charge in [0.1, 0.15) is 5.75 Å². The van der Waals surface area contributed by atoms with E-state index in [0.29, 0.717) is 30.1 Å². The van der Waals surface area contributed by atoms with Crippen molar-refractivity contribution in [2.45, 2.75) is 51.6 Å². The summed E-state index contributed by atoms with van der Waals surface area (Å²) in [5.41, 5.74) is 4.30. The highest BCUT2D eigenvalue weighted by molar-refractivity contribution is 6.31. The van der Waals surface area contributed by atoms with Crippen LogP contribution in [0.2, 0.25) is 5.02 Å². The number of nitrogens with one attached hydrogen (secondary N) is 1. The minimum atomic E-state index is -0.175. The maximum absolute atomic E-state index is 12.5. The van der Waals surface area contributed by atoms with Crippen LogP contribution in [-0.2, 0) is 9.53 Å². The standard InChI is InChI=1S/C33H39ClN2O3/c1-23(2)30-20-25(29-8-4-5-9-31(29)34)21-39-33(30)24-10-16-28(17-11-24)38-22-32(37)35-26-12-14-27(15-13-26)36-18-6-3-7-19-36/h4-5,8-17,23,25,30,33H,3,6-7,18-22H2,1-2H3,(H,35,37)/t25-,30-,33-/m0/s1. The van der Waals surface area contributed by atoms with E-state index in [1.54, 1.807) is 0 Å². The van der Waals surface area contributed by atoms with Crippen LogP contribution in [-0.4, -0.2) is 32.2 Å². The number of hydrogen-bond acceptors (Lipinski definition) is 4. The van der Waals surface area contributed by atoms with Crippen molar-refractivity contribution < 1.29 is 14.3 Å². The molecule has 5 rings (SSSR count). The van der Waals surface area contributed by atoms with Gasteiger partial charge >= 0.3 is 0 Å². The lowest BCUT2D eigenvalue weighted by atomic mass is 9.76. The highest BCUT2D eigenvalue weighted by Gasteiger charge is 2.35. The average Bonchev–Trinajstić information content (AvgIpc) is 2.97. The van der Waals surface area contributed by atoms with Gasteiger partial charge in [-0.3, -0.25) is 4.79 Å². The number of ether oxygens (including phenoxy) is 2. The Hall–Kier alpha value is -3.02. The van der Waals surface area contributed by atoms with Crippen LogP contribution in [0.25, 0.3) is 0 Å². The summed E-state index contributed by atoms with van der Waals surface area (Å²) in [6.45, 7) is 7.33. The predicted octanol–water partition coefficient (Wildman–Crippen LogP) is 7.87. The first-order chi connectivity index (χ1) is 19.0. The van der Waals surface area contributed by atoms with Crippen molar-refractivity contribution in [3.05, 3.63) is 88.9 Å². The Morgan fingerprint density at radius 2 is 1.72 bits per heavy atom. The summed E-state index contributed by atoms with van der Waals surface area (Å²) in [5.74, 6) is 1.63. The van der Waals surface area contributed by atoms with E-state index in [1.807, 2.05) is 42.5 Å². The lowest BCUT2D eigenvalue weighted by Gasteiger charge is -2.39.